The van der Waals surface area contributed by atoms with Crippen molar-refractivity contribution < 1.29 is 0 Å². The largest absolute Gasteiger partial charge is 0.329 e. The number of likely N-dealkylation sites (N-methyl/N-ethyl adjacent to an activating group) is 1. The van der Waals surface area contributed by atoms with Crippen molar-refractivity contribution in [3.63, 3.8) is 0 Å². The lowest BCUT2D eigenvalue weighted by molar-refractivity contribution is 0.296. The molecular formula is C14H24BrN3. The van der Waals surface area contributed by atoms with Crippen LogP contribution in [0.1, 0.15) is 25.5 Å². The molecule has 0 saturated carbocycles. The van der Waals surface area contributed by atoms with Gasteiger partial charge in [-0.25, -0.2) is 0 Å². The van der Waals surface area contributed by atoms with Gasteiger partial charge in [-0.2, -0.15) is 0 Å². The van der Waals surface area contributed by atoms with Crippen LogP contribution in [0.3, 0.4) is 0 Å². The molecule has 1 aromatic rings. The Hall–Kier alpha value is -0.420. The molecule has 4 heteroatoms. The summed E-state index contributed by atoms with van der Waals surface area (Å²) in [6, 6.07) is 8.47. The fourth-order valence-electron chi connectivity index (χ4n) is 2.01. The van der Waals surface area contributed by atoms with E-state index in [1.807, 2.05) is 6.07 Å². The van der Waals surface area contributed by atoms with Gasteiger partial charge in [-0.1, -0.05) is 48.0 Å². The van der Waals surface area contributed by atoms with Crippen LogP contribution in [0.15, 0.2) is 28.7 Å². The summed E-state index contributed by atoms with van der Waals surface area (Å²) in [6.07, 6.45) is 0. The maximum atomic E-state index is 5.86. The monoisotopic (exact) mass is 313 g/mol. The molecule has 102 valence electrons. The second-order valence-corrected chi connectivity index (χ2v) is 5.15. The van der Waals surface area contributed by atoms with Crippen molar-refractivity contribution in [1.82, 2.24) is 10.2 Å². The second kappa shape index (κ2) is 8.64. The van der Waals surface area contributed by atoms with Gasteiger partial charge in [0.1, 0.15) is 0 Å². The first kappa shape index (κ1) is 15.6. The van der Waals surface area contributed by atoms with E-state index in [1.54, 1.807) is 0 Å². The lowest BCUT2D eigenvalue weighted by atomic mass is 10.1. The van der Waals surface area contributed by atoms with Gasteiger partial charge < -0.3 is 16.0 Å². The average molecular weight is 314 g/mol. The van der Waals surface area contributed by atoms with E-state index in [-0.39, 0.29) is 6.04 Å². The summed E-state index contributed by atoms with van der Waals surface area (Å²) in [6.45, 7) is 9.22. The number of hydrogen-bond acceptors (Lipinski definition) is 3. The standard InChI is InChI=1S/C14H24BrN3/c1-3-18(4-2)10-9-17-14(11-16)12-7-5-6-8-13(12)15/h5-8,14,17H,3-4,9-11,16H2,1-2H3. The van der Waals surface area contributed by atoms with E-state index in [2.05, 4.69) is 58.2 Å². The van der Waals surface area contributed by atoms with Gasteiger partial charge in [-0.3, -0.25) is 0 Å². The minimum Gasteiger partial charge on any atom is -0.329 e. The van der Waals surface area contributed by atoms with E-state index >= 15 is 0 Å². The van der Waals surface area contributed by atoms with Gasteiger partial charge in [-0.05, 0) is 24.7 Å². The lowest BCUT2D eigenvalue weighted by Gasteiger charge is -2.22. The highest BCUT2D eigenvalue weighted by molar-refractivity contribution is 9.10. The zero-order chi connectivity index (χ0) is 13.4. The van der Waals surface area contributed by atoms with Crippen molar-refractivity contribution >= 4 is 15.9 Å². The summed E-state index contributed by atoms with van der Waals surface area (Å²) in [5.74, 6) is 0. The molecule has 1 aromatic carbocycles. The minimum atomic E-state index is 0.219. The molecular weight excluding hydrogens is 290 g/mol. The quantitative estimate of drug-likeness (QED) is 0.774. The van der Waals surface area contributed by atoms with E-state index in [1.165, 1.54) is 5.56 Å². The van der Waals surface area contributed by atoms with E-state index in [4.69, 9.17) is 5.73 Å². The highest BCUT2D eigenvalue weighted by Gasteiger charge is 2.11. The number of nitrogens with two attached hydrogens (primary N) is 1. The predicted molar refractivity (Wildman–Crippen MR) is 81.7 cm³/mol. The Labute approximate surface area is 119 Å². The lowest BCUT2D eigenvalue weighted by Crippen LogP contribution is -2.36. The first-order valence-corrected chi connectivity index (χ1v) is 7.42. The number of hydrogen-bond donors (Lipinski definition) is 2. The average Bonchev–Trinajstić information content (AvgIpc) is 2.40. The Balaban J connectivity index is 2.50. The van der Waals surface area contributed by atoms with Gasteiger partial charge >= 0.3 is 0 Å². The molecule has 1 atom stereocenters. The third-order valence-electron chi connectivity index (χ3n) is 3.23. The van der Waals surface area contributed by atoms with Gasteiger partial charge in [0.15, 0.2) is 0 Å². The zero-order valence-electron chi connectivity index (χ0n) is 11.3. The van der Waals surface area contributed by atoms with Crippen LogP contribution in [0.4, 0.5) is 0 Å². The van der Waals surface area contributed by atoms with Crippen LogP contribution in [-0.2, 0) is 0 Å². The molecule has 0 fully saturated rings. The SMILES string of the molecule is CCN(CC)CCNC(CN)c1ccccc1Br. The molecule has 0 heterocycles. The van der Waals surface area contributed by atoms with Gasteiger partial charge in [0, 0.05) is 30.1 Å². The summed E-state index contributed by atoms with van der Waals surface area (Å²) in [5.41, 5.74) is 7.09. The normalized spacial score (nSPS) is 12.9. The first-order chi connectivity index (χ1) is 8.72. The molecule has 1 rings (SSSR count). The van der Waals surface area contributed by atoms with Crippen molar-refractivity contribution in [3.8, 4) is 0 Å². The molecule has 0 bridgehead atoms. The van der Waals surface area contributed by atoms with Crippen LogP contribution >= 0.6 is 15.9 Å². The highest BCUT2D eigenvalue weighted by Crippen LogP contribution is 2.22. The number of halogens is 1. The number of nitrogens with zero attached hydrogens (tertiary/aromatic N) is 1. The van der Waals surface area contributed by atoms with Gasteiger partial charge in [-0.15, -0.1) is 0 Å². The molecule has 0 saturated heterocycles. The van der Waals surface area contributed by atoms with E-state index in [0.717, 1.165) is 30.7 Å². The molecule has 1 unspecified atom stereocenters. The zero-order valence-corrected chi connectivity index (χ0v) is 12.9. The van der Waals surface area contributed by atoms with E-state index < -0.39 is 0 Å². The molecule has 18 heavy (non-hydrogen) atoms. The molecule has 0 aliphatic rings. The summed E-state index contributed by atoms with van der Waals surface area (Å²) >= 11 is 3.58. The van der Waals surface area contributed by atoms with Crippen LogP contribution in [-0.4, -0.2) is 37.6 Å². The van der Waals surface area contributed by atoms with Crippen LogP contribution in [0, 0.1) is 0 Å². The van der Waals surface area contributed by atoms with Crippen LogP contribution < -0.4 is 11.1 Å². The first-order valence-electron chi connectivity index (χ1n) is 6.63. The fraction of sp³-hybridized carbons (Fsp3) is 0.571. The molecule has 0 aliphatic heterocycles. The molecule has 3 nitrogen and oxygen atoms in total. The molecule has 0 aliphatic carbocycles. The Kier molecular flexibility index (Phi) is 7.51. The highest BCUT2D eigenvalue weighted by atomic mass is 79.9. The maximum Gasteiger partial charge on any atom is 0.0456 e. The minimum absolute atomic E-state index is 0.219. The smallest absolute Gasteiger partial charge is 0.0456 e. The number of nitrogens with one attached hydrogen (secondary N) is 1. The van der Waals surface area contributed by atoms with Gasteiger partial charge in [0.2, 0.25) is 0 Å². The Bertz CT molecular complexity index is 340. The fourth-order valence-corrected chi connectivity index (χ4v) is 2.58. The van der Waals surface area contributed by atoms with Crippen molar-refractivity contribution in [1.29, 1.82) is 0 Å². The molecule has 0 aromatic heterocycles. The molecule has 0 amide bonds. The van der Waals surface area contributed by atoms with Crippen molar-refractivity contribution in [3.05, 3.63) is 34.3 Å². The Morgan fingerprint density at radius 2 is 1.94 bits per heavy atom. The topological polar surface area (TPSA) is 41.3 Å². The van der Waals surface area contributed by atoms with Crippen LogP contribution in [0.25, 0.3) is 0 Å². The van der Waals surface area contributed by atoms with Crippen molar-refractivity contribution in [2.45, 2.75) is 19.9 Å². The summed E-state index contributed by atoms with van der Waals surface area (Å²) in [7, 11) is 0. The predicted octanol–water partition coefficient (Wildman–Crippen LogP) is 2.38. The molecule has 0 radical (unpaired) electrons. The van der Waals surface area contributed by atoms with Crippen LogP contribution in [0.2, 0.25) is 0 Å². The molecule has 0 spiro atoms. The van der Waals surface area contributed by atoms with Crippen molar-refractivity contribution in [2.75, 3.05) is 32.7 Å². The third kappa shape index (κ3) is 4.69. The van der Waals surface area contributed by atoms with Gasteiger partial charge in [0.25, 0.3) is 0 Å². The third-order valence-corrected chi connectivity index (χ3v) is 3.95. The number of benzene rings is 1. The summed E-state index contributed by atoms with van der Waals surface area (Å²) < 4.78 is 1.12. The summed E-state index contributed by atoms with van der Waals surface area (Å²) in [5, 5.41) is 3.53. The molecule has 3 N–H and O–H groups in total. The van der Waals surface area contributed by atoms with E-state index in [0.29, 0.717) is 6.54 Å². The maximum absolute atomic E-state index is 5.86. The Morgan fingerprint density at radius 3 is 2.50 bits per heavy atom. The van der Waals surface area contributed by atoms with Crippen molar-refractivity contribution in [2.24, 2.45) is 5.73 Å². The Morgan fingerprint density at radius 1 is 1.28 bits per heavy atom. The second-order valence-electron chi connectivity index (χ2n) is 4.29. The summed E-state index contributed by atoms with van der Waals surface area (Å²) in [4.78, 5) is 2.40. The number of rotatable bonds is 8. The van der Waals surface area contributed by atoms with Gasteiger partial charge in [0.05, 0.1) is 0 Å². The van der Waals surface area contributed by atoms with E-state index in [9.17, 15) is 0 Å². The van der Waals surface area contributed by atoms with Crippen LogP contribution in [0.5, 0.6) is 0 Å².